The van der Waals surface area contributed by atoms with Crippen molar-refractivity contribution < 1.29 is 9.90 Å². The number of rotatable bonds is 9. The minimum absolute atomic E-state index is 0.0301. The molecule has 4 heteroatoms. The van der Waals surface area contributed by atoms with Crippen molar-refractivity contribution in [2.45, 2.75) is 39.3 Å². The Morgan fingerprint density at radius 2 is 1.58 bits per heavy atom. The van der Waals surface area contributed by atoms with Gasteiger partial charge in [-0.05, 0) is 30.0 Å². The van der Waals surface area contributed by atoms with E-state index < -0.39 is 0 Å². The summed E-state index contributed by atoms with van der Waals surface area (Å²) in [5.41, 5.74) is 2.05. The largest absolute Gasteiger partial charge is 0.394 e. The van der Waals surface area contributed by atoms with Crippen LogP contribution < -0.4 is 10.6 Å². The summed E-state index contributed by atoms with van der Waals surface area (Å²) in [4.78, 5) is 13.0. The first-order valence-electron chi connectivity index (χ1n) is 9.34. The molecule has 0 unspecified atom stereocenters. The van der Waals surface area contributed by atoms with Crippen LogP contribution in [0.2, 0.25) is 0 Å². The van der Waals surface area contributed by atoms with Crippen LogP contribution in [-0.2, 0) is 4.79 Å². The lowest BCUT2D eigenvalue weighted by Crippen LogP contribution is -2.46. The predicted molar refractivity (Wildman–Crippen MR) is 107 cm³/mol. The molecule has 2 rings (SSSR count). The normalized spacial score (nSPS) is 14.5. The first-order valence-corrected chi connectivity index (χ1v) is 9.34. The van der Waals surface area contributed by atoms with Crippen LogP contribution in [-0.4, -0.2) is 23.7 Å². The van der Waals surface area contributed by atoms with E-state index >= 15 is 0 Å². The van der Waals surface area contributed by atoms with E-state index in [1.807, 2.05) is 81.4 Å². The van der Waals surface area contributed by atoms with Crippen molar-refractivity contribution in [3.05, 3.63) is 66.2 Å². The molecule has 0 bridgehead atoms. The first kappa shape index (κ1) is 20.0. The van der Waals surface area contributed by atoms with E-state index in [4.69, 9.17) is 0 Å². The third-order valence-corrected chi connectivity index (χ3v) is 4.76. The molecule has 0 aliphatic heterocycles. The van der Waals surface area contributed by atoms with E-state index in [1.54, 1.807) is 0 Å². The molecule has 0 saturated heterocycles. The molecule has 0 aromatic heterocycles. The SMILES string of the molecule is CC[C@H](C(=O)N[C@H](CO)C(C)C)[C@H](Nc1ccccc1)c1ccccc1. The van der Waals surface area contributed by atoms with Gasteiger partial charge in [-0.25, -0.2) is 0 Å². The summed E-state index contributed by atoms with van der Waals surface area (Å²) in [5.74, 6) is -0.0957. The Hall–Kier alpha value is -2.33. The number of amides is 1. The summed E-state index contributed by atoms with van der Waals surface area (Å²) in [6.07, 6.45) is 0.696. The van der Waals surface area contributed by atoms with E-state index in [0.29, 0.717) is 6.42 Å². The van der Waals surface area contributed by atoms with Gasteiger partial charge in [-0.3, -0.25) is 4.79 Å². The minimum atomic E-state index is -0.245. The van der Waals surface area contributed by atoms with Gasteiger partial charge in [-0.2, -0.15) is 0 Å². The van der Waals surface area contributed by atoms with E-state index in [9.17, 15) is 9.90 Å². The highest BCUT2D eigenvalue weighted by atomic mass is 16.3. The Balaban J connectivity index is 2.27. The number of carbonyl (C=O) groups excluding carboxylic acids is 1. The molecule has 3 N–H and O–H groups in total. The summed E-state index contributed by atoms with van der Waals surface area (Å²) >= 11 is 0. The van der Waals surface area contributed by atoms with Gasteiger partial charge in [-0.15, -0.1) is 0 Å². The van der Waals surface area contributed by atoms with Crippen molar-refractivity contribution in [1.82, 2.24) is 5.32 Å². The predicted octanol–water partition coefficient (Wildman–Crippen LogP) is 4.00. The van der Waals surface area contributed by atoms with Crippen molar-refractivity contribution in [2.75, 3.05) is 11.9 Å². The van der Waals surface area contributed by atoms with Gasteiger partial charge in [0.2, 0.25) is 5.91 Å². The Labute approximate surface area is 156 Å². The average Bonchev–Trinajstić information content (AvgIpc) is 2.67. The quantitative estimate of drug-likeness (QED) is 0.638. The van der Waals surface area contributed by atoms with Crippen LogP contribution in [0.3, 0.4) is 0 Å². The first-order chi connectivity index (χ1) is 12.6. The van der Waals surface area contributed by atoms with Crippen molar-refractivity contribution >= 4 is 11.6 Å². The second kappa shape index (κ2) is 9.97. The Morgan fingerprint density at radius 1 is 1.00 bits per heavy atom. The average molecular weight is 354 g/mol. The number of aliphatic hydroxyl groups is 1. The Kier molecular flexibility index (Phi) is 7.67. The molecule has 0 saturated carbocycles. The number of benzene rings is 2. The molecule has 0 fully saturated rings. The molecular weight excluding hydrogens is 324 g/mol. The summed E-state index contributed by atoms with van der Waals surface area (Å²) in [5, 5.41) is 16.1. The number of hydrogen-bond acceptors (Lipinski definition) is 3. The zero-order chi connectivity index (χ0) is 18.9. The maximum Gasteiger partial charge on any atom is 0.225 e. The van der Waals surface area contributed by atoms with Crippen LogP contribution in [0.25, 0.3) is 0 Å². The molecule has 2 aromatic rings. The van der Waals surface area contributed by atoms with Gasteiger partial charge in [0.15, 0.2) is 0 Å². The van der Waals surface area contributed by atoms with Crippen LogP contribution in [0.5, 0.6) is 0 Å². The van der Waals surface area contributed by atoms with Gasteiger partial charge in [0, 0.05) is 5.69 Å². The van der Waals surface area contributed by atoms with Crippen molar-refractivity contribution in [3.8, 4) is 0 Å². The third-order valence-electron chi connectivity index (χ3n) is 4.76. The van der Waals surface area contributed by atoms with E-state index in [-0.39, 0.29) is 36.4 Å². The molecule has 26 heavy (non-hydrogen) atoms. The van der Waals surface area contributed by atoms with Crippen LogP contribution in [0, 0.1) is 11.8 Å². The maximum absolute atomic E-state index is 13.0. The zero-order valence-corrected chi connectivity index (χ0v) is 15.9. The van der Waals surface area contributed by atoms with Crippen molar-refractivity contribution in [1.29, 1.82) is 0 Å². The second-order valence-electron chi connectivity index (χ2n) is 6.96. The van der Waals surface area contributed by atoms with Crippen LogP contribution >= 0.6 is 0 Å². The smallest absolute Gasteiger partial charge is 0.225 e. The molecule has 0 spiro atoms. The summed E-state index contributed by atoms with van der Waals surface area (Å²) in [7, 11) is 0. The summed E-state index contributed by atoms with van der Waals surface area (Å²) in [6.45, 7) is 5.97. The van der Waals surface area contributed by atoms with Crippen LogP contribution in [0.4, 0.5) is 5.69 Å². The van der Waals surface area contributed by atoms with Crippen LogP contribution in [0.15, 0.2) is 60.7 Å². The highest BCUT2D eigenvalue weighted by molar-refractivity contribution is 5.80. The molecule has 0 radical (unpaired) electrons. The molecule has 2 aromatic carbocycles. The number of carbonyl (C=O) groups is 1. The number of anilines is 1. The van der Waals surface area contributed by atoms with Gasteiger partial charge in [0.25, 0.3) is 0 Å². The van der Waals surface area contributed by atoms with Gasteiger partial charge < -0.3 is 15.7 Å². The summed E-state index contributed by atoms with van der Waals surface area (Å²) in [6, 6.07) is 19.6. The highest BCUT2D eigenvalue weighted by Crippen LogP contribution is 2.29. The van der Waals surface area contributed by atoms with E-state index in [2.05, 4.69) is 10.6 Å². The zero-order valence-electron chi connectivity index (χ0n) is 15.9. The lowest BCUT2D eigenvalue weighted by atomic mass is 9.89. The third kappa shape index (κ3) is 5.33. The van der Waals surface area contributed by atoms with Gasteiger partial charge in [0.1, 0.15) is 0 Å². The molecule has 1 amide bonds. The van der Waals surface area contributed by atoms with Crippen molar-refractivity contribution in [3.63, 3.8) is 0 Å². The molecule has 140 valence electrons. The minimum Gasteiger partial charge on any atom is -0.394 e. The molecule has 0 heterocycles. The fraction of sp³-hybridized carbons (Fsp3) is 0.409. The maximum atomic E-state index is 13.0. The van der Waals surface area contributed by atoms with E-state index in [1.165, 1.54) is 0 Å². The molecule has 0 aliphatic rings. The number of nitrogens with one attached hydrogen (secondary N) is 2. The molecular formula is C22H30N2O2. The van der Waals surface area contributed by atoms with Crippen molar-refractivity contribution in [2.24, 2.45) is 11.8 Å². The molecule has 3 atom stereocenters. The fourth-order valence-corrected chi connectivity index (χ4v) is 3.08. The number of hydrogen-bond donors (Lipinski definition) is 3. The highest BCUT2D eigenvalue weighted by Gasteiger charge is 2.30. The van der Waals surface area contributed by atoms with Crippen LogP contribution in [0.1, 0.15) is 38.8 Å². The van der Waals surface area contributed by atoms with Gasteiger partial charge in [-0.1, -0.05) is 69.3 Å². The van der Waals surface area contributed by atoms with E-state index in [0.717, 1.165) is 11.3 Å². The standard InChI is InChI=1S/C22H30N2O2/c1-4-19(22(26)24-20(15-25)16(2)3)21(17-11-7-5-8-12-17)23-18-13-9-6-10-14-18/h5-14,16,19-21,23,25H,4,15H2,1-3H3,(H,24,26)/t19-,20+,21+/m0/s1. The Morgan fingerprint density at radius 3 is 2.08 bits per heavy atom. The molecule has 0 aliphatic carbocycles. The van der Waals surface area contributed by atoms with Gasteiger partial charge >= 0.3 is 0 Å². The second-order valence-corrected chi connectivity index (χ2v) is 6.96. The lowest BCUT2D eigenvalue weighted by molar-refractivity contribution is -0.127. The lowest BCUT2D eigenvalue weighted by Gasteiger charge is -2.30. The monoisotopic (exact) mass is 354 g/mol. The van der Waals surface area contributed by atoms with Gasteiger partial charge in [0.05, 0.1) is 24.6 Å². The molecule has 4 nitrogen and oxygen atoms in total. The number of aliphatic hydroxyl groups excluding tert-OH is 1. The Bertz CT molecular complexity index is 658. The summed E-state index contributed by atoms with van der Waals surface area (Å²) < 4.78 is 0. The topological polar surface area (TPSA) is 61.4 Å². The number of para-hydroxylation sites is 1. The fourth-order valence-electron chi connectivity index (χ4n) is 3.08.